The van der Waals surface area contributed by atoms with E-state index in [9.17, 15) is 4.79 Å². The van der Waals surface area contributed by atoms with Crippen LogP contribution in [0.25, 0.3) is 0 Å². The number of methoxy groups -OCH3 is 1. The third-order valence-electron chi connectivity index (χ3n) is 5.99. The summed E-state index contributed by atoms with van der Waals surface area (Å²) in [5.74, 6) is 2.25. The fourth-order valence-corrected chi connectivity index (χ4v) is 4.33. The topological polar surface area (TPSA) is 77.3 Å². The summed E-state index contributed by atoms with van der Waals surface area (Å²) in [6.07, 6.45) is 1.27. The minimum atomic E-state index is -0.249. The van der Waals surface area contributed by atoms with Gasteiger partial charge in [0.05, 0.1) is 7.11 Å². The van der Waals surface area contributed by atoms with Gasteiger partial charge >= 0.3 is 0 Å². The number of amides is 1. The number of primary amides is 1. The van der Waals surface area contributed by atoms with Crippen LogP contribution in [-0.2, 0) is 17.8 Å². The highest BCUT2D eigenvalue weighted by Crippen LogP contribution is 2.31. The second kappa shape index (κ2) is 10.0. The molecule has 0 aromatic heterocycles. The van der Waals surface area contributed by atoms with E-state index in [4.69, 9.17) is 19.9 Å². The van der Waals surface area contributed by atoms with Crippen molar-refractivity contribution < 1.29 is 19.0 Å². The highest BCUT2D eigenvalue weighted by atomic mass is 16.6. The molecule has 1 fully saturated rings. The van der Waals surface area contributed by atoms with Crippen LogP contribution in [0.1, 0.15) is 17.5 Å². The Balaban J connectivity index is 1.35. The molecule has 2 N–H and O–H groups in total. The van der Waals surface area contributed by atoms with Gasteiger partial charge in [0.1, 0.15) is 19.0 Å². The van der Waals surface area contributed by atoms with E-state index < -0.39 is 0 Å². The predicted molar refractivity (Wildman–Crippen MR) is 119 cm³/mol. The largest absolute Gasteiger partial charge is 0.497 e. The van der Waals surface area contributed by atoms with Gasteiger partial charge in [0.25, 0.3) is 0 Å². The number of hydrogen-bond acceptors (Lipinski definition) is 6. The molecule has 7 heteroatoms. The van der Waals surface area contributed by atoms with Crippen molar-refractivity contribution in [2.24, 2.45) is 5.73 Å². The van der Waals surface area contributed by atoms with Crippen LogP contribution in [0.2, 0.25) is 0 Å². The number of piperazine rings is 1. The Bertz CT molecular complexity index is 887. The number of hydrogen-bond donors (Lipinski definition) is 1. The lowest BCUT2D eigenvalue weighted by molar-refractivity contribution is -0.119. The molecule has 2 heterocycles. The molecule has 2 aliphatic heterocycles. The van der Waals surface area contributed by atoms with Gasteiger partial charge in [0, 0.05) is 45.2 Å². The first-order chi connectivity index (χ1) is 15.1. The Kier molecular flexibility index (Phi) is 6.94. The van der Waals surface area contributed by atoms with Crippen molar-refractivity contribution in [1.82, 2.24) is 9.80 Å². The molecule has 0 spiro atoms. The van der Waals surface area contributed by atoms with Gasteiger partial charge in [-0.25, -0.2) is 0 Å². The Hall–Kier alpha value is -2.77. The van der Waals surface area contributed by atoms with Gasteiger partial charge in [-0.05, 0) is 41.8 Å². The zero-order valence-corrected chi connectivity index (χ0v) is 18.1. The van der Waals surface area contributed by atoms with Crippen molar-refractivity contribution in [3.8, 4) is 17.2 Å². The van der Waals surface area contributed by atoms with Crippen molar-refractivity contribution >= 4 is 5.91 Å². The first-order valence-corrected chi connectivity index (χ1v) is 10.9. The molecule has 2 aliphatic rings. The molecule has 1 unspecified atom stereocenters. The highest BCUT2D eigenvalue weighted by Gasteiger charge is 2.28. The number of benzene rings is 2. The molecule has 1 atom stereocenters. The number of ether oxygens (including phenoxy) is 3. The summed E-state index contributed by atoms with van der Waals surface area (Å²) in [4.78, 5) is 16.5. The van der Waals surface area contributed by atoms with Crippen molar-refractivity contribution in [3.63, 3.8) is 0 Å². The van der Waals surface area contributed by atoms with Crippen LogP contribution in [-0.4, -0.2) is 68.3 Å². The summed E-state index contributed by atoms with van der Waals surface area (Å²) in [6, 6.07) is 14.4. The van der Waals surface area contributed by atoms with Crippen molar-refractivity contribution in [2.75, 3.05) is 46.5 Å². The van der Waals surface area contributed by atoms with Gasteiger partial charge in [0.15, 0.2) is 11.5 Å². The molecule has 31 heavy (non-hydrogen) atoms. The SMILES string of the molecule is COc1ccc(CN2CCN(CCc3ccc4c(c3)OCCO4)C(CC(N)=O)C2)cc1. The van der Waals surface area contributed by atoms with E-state index in [1.807, 2.05) is 18.2 Å². The van der Waals surface area contributed by atoms with E-state index in [2.05, 4.69) is 34.1 Å². The zero-order valence-electron chi connectivity index (χ0n) is 18.1. The van der Waals surface area contributed by atoms with E-state index >= 15 is 0 Å². The molecule has 0 aliphatic carbocycles. The summed E-state index contributed by atoms with van der Waals surface area (Å²) in [7, 11) is 1.67. The van der Waals surface area contributed by atoms with Crippen LogP contribution in [0.5, 0.6) is 17.2 Å². The van der Waals surface area contributed by atoms with Crippen LogP contribution < -0.4 is 19.9 Å². The number of fused-ring (bicyclic) bond motifs is 1. The lowest BCUT2D eigenvalue weighted by atomic mass is 10.0. The second-order valence-corrected chi connectivity index (χ2v) is 8.17. The maximum Gasteiger partial charge on any atom is 0.219 e. The van der Waals surface area contributed by atoms with Crippen molar-refractivity contribution in [2.45, 2.75) is 25.4 Å². The van der Waals surface area contributed by atoms with E-state index in [1.165, 1.54) is 11.1 Å². The molecule has 7 nitrogen and oxygen atoms in total. The minimum absolute atomic E-state index is 0.127. The molecule has 4 rings (SSSR count). The van der Waals surface area contributed by atoms with Crippen LogP contribution in [0, 0.1) is 0 Å². The summed E-state index contributed by atoms with van der Waals surface area (Å²) in [5, 5.41) is 0. The number of carbonyl (C=O) groups is 1. The average molecular weight is 426 g/mol. The summed E-state index contributed by atoms with van der Waals surface area (Å²) < 4.78 is 16.6. The van der Waals surface area contributed by atoms with E-state index in [0.717, 1.165) is 56.4 Å². The van der Waals surface area contributed by atoms with Gasteiger partial charge in [-0.2, -0.15) is 0 Å². The molecular weight excluding hydrogens is 394 g/mol. The van der Waals surface area contributed by atoms with Gasteiger partial charge in [0.2, 0.25) is 5.91 Å². The Morgan fingerprint density at radius 2 is 1.81 bits per heavy atom. The molecule has 2 aromatic rings. The second-order valence-electron chi connectivity index (χ2n) is 8.17. The maximum atomic E-state index is 11.7. The third kappa shape index (κ3) is 5.68. The van der Waals surface area contributed by atoms with E-state index in [-0.39, 0.29) is 11.9 Å². The van der Waals surface area contributed by atoms with Crippen LogP contribution in [0.15, 0.2) is 42.5 Å². The Morgan fingerprint density at radius 1 is 1.06 bits per heavy atom. The molecule has 1 saturated heterocycles. The van der Waals surface area contributed by atoms with Gasteiger partial charge in [-0.15, -0.1) is 0 Å². The lowest BCUT2D eigenvalue weighted by Gasteiger charge is -2.41. The summed E-state index contributed by atoms with van der Waals surface area (Å²) in [6.45, 7) is 5.63. The van der Waals surface area contributed by atoms with Gasteiger partial charge in [-0.1, -0.05) is 18.2 Å². The molecule has 1 amide bonds. The fraction of sp³-hybridized carbons (Fsp3) is 0.458. The first-order valence-electron chi connectivity index (χ1n) is 10.9. The van der Waals surface area contributed by atoms with Gasteiger partial charge < -0.3 is 19.9 Å². The average Bonchev–Trinajstić information content (AvgIpc) is 2.78. The standard InChI is InChI=1S/C24H31N3O4/c1-29-21-5-2-19(3-6-21)16-26-10-11-27(20(17-26)15-24(25)28)9-8-18-4-7-22-23(14-18)31-13-12-30-22/h2-7,14,20H,8-13,15-17H2,1H3,(H2,25,28). The molecular formula is C24H31N3O4. The lowest BCUT2D eigenvalue weighted by Crippen LogP contribution is -2.54. The van der Waals surface area contributed by atoms with Crippen LogP contribution >= 0.6 is 0 Å². The monoisotopic (exact) mass is 425 g/mol. The van der Waals surface area contributed by atoms with Crippen molar-refractivity contribution in [3.05, 3.63) is 53.6 Å². The number of carbonyl (C=O) groups excluding carboxylic acids is 1. The third-order valence-corrected chi connectivity index (χ3v) is 5.99. The van der Waals surface area contributed by atoms with Crippen molar-refractivity contribution in [1.29, 1.82) is 0 Å². The minimum Gasteiger partial charge on any atom is -0.497 e. The maximum absolute atomic E-state index is 11.7. The van der Waals surface area contributed by atoms with E-state index in [0.29, 0.717) is 19.6 Å². The number of nitrogens with zero attached hydrogens (tertiary/aromatic N) is 2. The molecule has 166 valence electrons. The molecule has 0 saturated carbocycles. The van der Waals surface area contributed by atoms with Crippen LogP contribution in [0.4, 0.5) is 0 Å². The smallest absolute Gasteiger partial charge is 0.219 e. The van der Waals surface area contributed by atoms with Crippen LogP contribution in [0.3, 0.4) is 0 Å². The first kappa shape index (κ1) is 21.5. The molecule has 2 aromatic carbocycles. The predicted octanol–water partition coefficient (Wildman–Crippen LogP) is 2.07. The fourth-order valence-electron chi connectivity index (χ4n) is 4.33. The van der Waals surface area contributed by atoms with Gasteiger partial charge in [-0.3, -0.25) is 14.6 Å². The number of rotatable bonds is 8. The quantitative estimate of drug-likeness (QED) is 0.698. The Morgan fingerprint density at radius 3 is 2.55 bits per heavy atom. The molecule has 0 radical (unpaired) electrons. The zero-order chi connectivity index (χ0) is 21.6. The Labute approximate surface area is 183 Å². The van der Waals surface area contributed by atoms with E-state index in [1.54, 1.807) is 7.11 Å². The highest BCUT2D eigenvalue weighted by molar-refractivity contribution is 5.74. The normalized spacial score (nSPS) is 19.2. The molecule has 0 bridgehead atoms. The number of nitrogens with two attached hydrogens (primary N) is 1. The summed E-state index contributed by atoms with van der Waals surface area (Å²) >= 11 is 0. The summed E-state index contributed by atoms with van der Waals surface area (Å²) in [5.41, 5.74) is 8.02.